The first-order valence-electron chi connectivity index (χ1n) is 20.0. The number of fused-ring (bicyclic) bond motifs is 13. The number of benzene rings is 9. The zero-order valence-electron chi connectivity index (χ0n) is 31.4. The molecule has 1 aliphatic rings. The average Bonchev–Trinajstić information content (AvgIpc) is 4.02. The normalized spacial score (nSPS) is 13.3. The Morgan fingerprint density at radius 2 is 0.914 bits per heavy atom. The van der Waals surface area contributed by atoms with Crippen LogP contribution in [0.5, 0.6) is 0 Å². The molecule has 0 aliphatic heterocycles. The van der Waals surface area contributed by atoms with Crippen LogP contribution in [-0.4, -0.2) is 9.13 Å². The third-order valence-corrected chi connectivity index (χ3v) is 12.8. The molecule has 0 fully saturated rings. The fourth-order valence-corrected chi connectivity index (χ4v) is 10.5. The van der Waals surface area contributed by atoms with Gasteiger partial charge >= 0.3 is 0 Å². The lowest BCUT2D eigenvalue weighted by Crippen LogP contribution is -2.28. The van der Waals surface area contributed by atoms with E-state index in [2.05, 4.69) is 209 Å². The molecule has 3 heteroatoms. The van der Waals surface area contributed by atoms with E-state index in [0.29, 0.717) is 0 Å². The molecule has 12 aromatic rings. The largest absolute Gasteiger partial charge is 0.455 e. The van der Waals surface area contributed by atoms with Gasteiger partial charge in [0.25, 0.3) is 0 Å². The van der Waals surface area contributed by atoms with Crippen molar-refractivity contribution in [2.45, 2.75) is 5.41 Å². The van der Waals surface area contributed by atoms with E-state index < -0.39 is 5.41 Å². The number of rotatable bonds is 4. The summed E-state index contributed by atoms with van der Waals surface area (Å²) >= 11 is 0. The number of hydrogen-bond acceptors (Lipinski definition) is 1. The Labute approximate surface area is 334 Å². The third-order valence-electron chi connectivity index (χ3n) is 12.8. The fourth-order valence-electron chi connectivity index (χ4n) is 10.5. The minimum atomic E-state index is -0.446. The Balaban J connectivity index is 1.09. The molecule has 3 aromatic heterocycles. The maximum Gasteiger partial charge on any atom is 0.145 e. The molecule has 0 atom stereocenters. The Morgan fingerprint density at radius 1 is 0.345 bits per heavy atom. The van der Waals surface area contributed by atoms with Gasteiger partial charge in [-0.15, -0.1) is 0 Å². The lowest BCUT2D eigenvalue weighted by molar-refractivity contribution is 0.673. The summed E-state index contributed by atoms with van der Waals surface area (Å²) in [6.07, 6.45) is 0. The highest BCUT2D eigenvalue weighted by molar-refractivity contribution is 6.26. The van der Waals surface area contributed by atoms with Gasteiger partial charge in [0.1, 0.15) is 11.2 Å². The number of para-hydroxylation sites is 3. The Bertz CT molecular complexity index is 3560. The molecule has 0 saturated carbocycles. The maximum atomic E-state index is 6.72. The van der Waals surface area contributed by atoms with E-state index in [0.717, 1.165) is 55.2 Å². The lowest BCUT2D eigenvalue weighted by Gasteiger charge is -2.34. The molecule has 0 saturated heterocycles. The molecule has 9 aromatic carbocycles. The third kappa shape index (κ3) is 4.07. The highest BCUT2D eigenvalue weighted by Crippen LogP contribution is 2.56. The molecule has 0 bridgehead atoms. The fraction of sp³-hybridized carbons (Fsp3) is 0.0182. The molecular formula is C55H34N2O. The monoisotopic (exact) mass is 738 g/mol. The summed E-state index contributed by atoms with van der Waals surface area (Å²) in [6, 6.07) is 75.5. The molecule has 1 aliphatic carbocycles. The van der Waals surface area contributed by atoms with Crippen LogP contribution in [0.25, 0.3) is 88.1 Å². The standard InChI is InChI=1S/C55H34N2O/c1-3-15-35(16-4-1)55(46-23-11-7-19-39(46)40-20-8-12-24-47(40)55)36-27-29-38(30-28-36)56-48-25-13-9-21-41(48)44-33-45-51(34-50(44)56)57(37-17-5-2-6-18-37)49-32-31-43-42-22-10-14-26-52(42)58-54(43)53(45)49/h1-34H. The highest BCUT2D eigenvalue weighted by Gasteiger charge is 2.45. The van der Waals surface area contributed by atoms with Crippen molar-refractivity contribution >= 4 is 65.6 Å². The van der Waals surface area contributed by atoms with Crippen LogP contribution in [0.3, 0.4) is 0 Å². The van der Waals surface area contributed by atoms with Gasteiger partial charge in [0.05, 0.1) is 32.9 Å². The Hall–Kier alpha value is -7.62. The number of furan rings is 1. The second kappa shape index (κ2) is 11.7. The van der Waals surface area contributed by atoms with Gasteiger partial charge < -0.3 is 13.6 Å². The summed E-state index contributed by atoms with van der Waals surface area (Å²) in [5.74, 6) is 0. The summed E-state index contributed by atoms with van der Waals surface area (Å²) < 4.78 is 11.6. The van der Waals surface area contributed by atoms with Crippen LogP contribution in [0.4, 0.5) is 0 Å². The zero-order valence-corrected chi connectivity index (χ0v) is 31.4. The van der Waals surface area contributed by atoms with Crippen molar-refractivity contribution in [2.75, 3.05) is 0 Å². The molecule has 3 nitrogen and oxygen atoms in total. The van der Waals surface area contributed by atoms with Crippen molar-refractivity contribution in [3.05, 3.63) is 229 Å². The second-order valence-electron chi connectivity index (χ2n) is 15.6. The molecule has 0 radical (unpaired) electrons. The van der Waals surface area contributed by atoms with Gasteiger partial charge in [0, 0.05) is 38.3 Å². The Kier molecular flexibility index (Phi) is 6.37. The van der Waals surface area contributed by atoms with E-state index in [1.165, 1.54) is 55.1 Å². The summed E-state index contributed by atoms with van der Waals surface area (Å²) in [5, 5.41) is 7.03. The van der Waals surface area contributed by atoms with E-state index in [1.54, 1.807) is 0 Å². The number of aromatic nitrogens is 2. The maximum absolute atomic E-state index is 6.72. The van der Waals surface area contributed by atoms with Crippen molar-refractivity contribution in [1.29, 1.82) is 0 Å². The van der Waals surface area contributed by atoms with Crippen molar-refractivity contribution < 1.29 is 4.42 Å². The van der Waals surface area contributed by atoms with Crippen LogP contribution in [0.15, 0.2) is 211 Å². The van der Waals surface area contributed by atoms with E-state index in [-0.39, 0.29) is 0 Å². The quantitative estimate of drug-likeness (QED) is 0.176. The minimum Gasteiger partial charge on any atom is -0.455 e. The topological polar surface area (TPSA) is 23.0 Å². The highest BCUT2D eigenvalue weighted by atomic mass is 16.3. The lowest BCUT2D eigenvalue weighted by atomic mass is 9.68. The number of nitrogens with zero attached hydrogens (tertiary/aromatic N) is 2. The molecular weight excluding hydrogens is 705 g/mol. The van der Waals surface area contributed by atoms with E-state index >= 15 is 0 Å². The predicted octanol–water partition coefficient (Wildman–Crippen LogP) is 14.1. The molecule has 3 heterocycles. The van der Waals surface area contributed by atoms with Crippen LogP contribution < -0.4 is 0 Å². The molecule has 0 spiro atoms. The average molecular weight is 739 g/mol. The molecule has 0 unspecified atom stereocenters. The van der Waals surface area contributed by atoms with Gasteiger partial charge in [-0.2, -0.15) is 0 Å². The van der Waals surface area contributed by atoms with Crippen LogP contribution >= 0.6 is 0 Å². The van der Waals surface area contributed by atoms with Gasteiger partial charge in [-0.1, -0.05) is 146 Å². The van der Waals surface area contributed by atoms with Crippen molar-refractivity contribution in [2.24, 2.45) is 0 Å². The van der Waals surface area contributed by atoms with Crippen LogP contribution in [0.2, 0.25) is 0 Å². The first-order chi connectivity index (χ1) is 28.8. The molecule has 13 rings (SSSR count). The predicted molar refractivity (Wildman–Crippen MR) is 240 cm³/mol. The van der Waals surface area contributed by atoms with E-state index in [9.17, 15) is 0 Å². The summed E-state index contributed by atoms with van der Waals surface area (Å²) in [6.45, 7) is 0. The summed E-state index contributed by atoms with van der Waals surface area (Å²) in [7, 11) is 0. The summed E-state index contributed by atoms with van der Waals surface area (Å²) in [4.78, 5) is 0. The van der Waals surface area contributed by atoms with Gasteiger partial charge in [0.15, 0.2) is 0 Å². The first-order valence-corrected chi connectivity index (χ1v) is 20.0. The molecule has 0 N–H and O–H groups in total. The zero-order chi connectivity index (χ0) is 38.0. The molecule has 58 heavy (non-hydrogen) atoms. The first kappa shape index (κ1) is 31.6. The SMILES string of the molecule is c1ccc(-n2c3cc4c(cc3c3c5oc6ccccc6c5ccc32)c2ccccc2n4-c2ccc(C3(c4ccccc4)c4ccccc4-c4ccccc43)cc2)cc1. The van der Waals surface area contributed by atoms with E-state index in [1.807, 2.05) is 6.07 Å². The smallest absolute Gasteiger partial charge is 0.145 e. The van der Waals surface area contributed by atoms with Gasteiger partial charge in [-0.25, -0.2) is 0 Å². The van der Waals surface area contributed by atoms with E-state index in [4.69, 9.17) is 4.42 Å². The van der Waals surface area contributed by atoms with Crippen molar-refractivity contribution in [3.8, 4) is 22.5 Å². The van der Waals surface area contributed by atoms with Gasteiger partial charge in [-0.05, 0) is 94.0 Å². The van der Waals surface area contributed by atoms with Gasteiger partial charge in [0.2, 0.25) is 0 Å². The minimum absolute atomic E-state index is 0.446. The number of hydrogen-bond donors (Lipinski definition) is 0. The van der Waals surface area contributed by atoms with Crippen LogP contribution in [-0.2, 0) is 5.41 Å². The van der Waals surface area contributed by atoms with Crippen molar-refractivity contribution in [1.82, 2.24) is 9.13 Å². The Morgan fingerprint density at radius 3 is 1.67 bits per heavy atom. The second-order valence-corrected chi connectivity index (χ2v) is 15.6. The van der Waals surface area contributed by atoms with Crippen LogP contribution in [0.1, 0.15) is 22.3 Å². The van der Waals surface area contributed by atoms with Crippen LogP contribution in [0, 0.1) is 0 Å². The summed E-state index contributed by atoms with van der Waals surface area (Å²) in [5.41, 5.74) is 16.0. The van der Waals surface area contributed by atoms with Gasteiger partial charge in [-0.3, -0.25) is 0 Å². The molecule has 0 amide bonds. The van der Waals surface area contributed by atoms with Crippen molar-refractivity contribution in [3.63, 3.8) is 0 Å². The molecule has 270 valence electrons.